The summed E-state index contributed by atoms with van der Waals surface area (Å²) in [6.45, 7) is 2.03. The largest absolute Gasteiger partial charge is 0.317 e. The number of rotatable bonds is 3. The molecular weight excluding hydrogens is 257 g/mol. The van der Waals surface area contributed by atoms with E-state index in [-0.39, 0.29) is 5.82 Å². The average molecular weight is 273 g/mol. The van der Waals surface area contributed by atoms with Crippen LogP contribution in [0, 0.1) is 5.82 Å². The molecule has 20 heavy (non-hydrogen) atoms. The lowest BCUT2D eigenvalue weighted by atomic mass is 9.94. The lowest BCUT2D eigenvalue weighted by Crippen LogP contribution is -2.27. The first-order valence-corrected chi connectivity index (χ1v) is 6.73. The molecule has 2 aromatic rings. The van der Waals surface area contributed by atoms with Gasteiger partial charge in [-0.25, -0.2) is 19.3 Å². The summed E-state index contributed by atoms with van der Waals surface area (Å²) in [7, 11) is 0. The Morgan fingerprint density at radius 3 is 2.75 bits per heavy atom. The van der Waals surface area contributed by atoms with Crippen LogP contribution in [-0.2, 0) is 0 Å². The van der Waals surface area contributed by atoms with Crippen LogP contribution < -0.4 is 10.6 Å². The number of nitrogens with zero attached hydrogens (tertiary/aromatic N) is 3. The molecular formula is C14H16FN5. The van der Waals surface area contributed by atoms with Crippen LogP contribution in [0.5, 0.6) is 0 Å². The number of halogens is 1. The highest BCUT2D eigenvalue weighted by molar-refractivity contribution is 5.47. The Morgan fingerprint density at radius 2 is 1.95 bits per heavy atom. The normalized spacial score (nSPS) is 16.1. The quantitative estimate of drug-likeness (QED) is 0.898. The highest BCUT2D eigenvalue weighted by Crippen LogP contribution is 2.24. The van der Waals surface area contributed by atoms with Gasteiger partial charge in [-0.3, -0.25) is 0 Å². The summed E-state index contributed by atoms with van der Waals surface area (Å²) in [4.78, 5) is 12.7. The molecule has 0 amide bonds. The van der Waals surface area contributed by atoms with Gasteiger partial charge in [-0.15, -0.1) is 0 Å². The van der Waals surface area contributed by atoms with E-state index < -0.39 is 0 Å². The first-order valence-electron chi connectivity index (χ1n) is 6.73. The van der Waals surface area contributed by atoms with Crippen molar-refractivity contribution in [2.24, 2.45) is 0 Å². The maximum absolute atomic E-state index is 13.1. The van der Waals surface area contributed by atoms with Crippen molar-refractivity contribution in [3.63, 3.8) is 0 Å². The Kier molecular flexibility index (Phi) is 3.83. The summed E-state index contributed by atoms with van der Waals surface area (Å²) in [5, 5.41) is 6.27. The van der Waals surface area contributed by atoms with Gasteiger partial charge in [-0.2, -0.15) is 0 Å². The Bertz CT molecular complexity index is 583. The minimum Gasteiger partial charge on any atom is -0.317 e. The van der Waals surface area contributed by atoms with Crippen molar-refractivity contribution in [3.05, 3.63) is 42.1 Å². The van der Waals surface area contributed by atoms with Gasteiger partial charge in [0.05, 0.1) is 0 Å². The van der Waals surface area contributed by atoms with Gasteiger partial charge in [0.15, 0.2) is 0 Å². The van der Waals surface area contributed by atoms with E-state index in [9.17, 15) is 4.39 Å². The molecule has 104 valence electrons. The fourth-order valence-electron chi connectivity index (χ4n) is 2.37. The van der Waals surface area contributed by atoms with Crippen LogP contribution in [0.25, 0.3) is 0 Å². The van der Waals surface area contributed by atoms with Crippen LogP contribution >= 0.6 is 0 Å². The standard InChI is InChI=1S/C14H16FN5/c15-11-3-7-17-13(9-11)20-14-18-8-4-12(19-14)10-1-5-16-6-2-10/h3-4,7-10,16H,1-2,5-6H2,(H,17,18,19,20). The van der Waals surface area contributed by atoms with E-state index >= 15 is 0 Å². The summed E-state index contributed by atoms with van der Waals surface area (Å²) < 4.78 is 13.1. The van der Waals surface area contributed by atoms with Crippen LogP contribution in [-0.4, -0.2) is 28.0 Å². The Balaban J connectivity index is 1.77. The molecule has 5 nitrogen and oxygen atoms in total. The van der Waals surface area contributed by atoms with Crippen molar-refractivity contribution in [2.45, 2.75) is 18.8 Å². The fourth-order valence-corrected chi connectivity index (χ4v) is 2.37. The molecule has 0 aliphatic carbocycles. The van der Waals surface area contributed by atoms with E-state index in [2.05, 4.69) is 25.6 Å². The van der Waals surface area contributed by atoms with Crippen molar-refractivity contribution < 1.29 is 4.39 Å². The third kappa shape index (κ3) is 3.08. The number of pyridine rings is 1. The number of nitrogens with one attached hydrogen (secondary N) is 2. The number of aromatic nitrogens is 3. The summed E-state index contributed by atoms with van der Waals surface area (Å²) >= 11 is 0. The van der Waals surface area contributed by atoms with Crippen LogP contribution in [0.1, 0.15) is 24.5 Å². The molecule has 0 atom stereocenters. The van der Waals surface area contributed by atoms with E-state index in [1.54, 1.807) is 6.20 Å². The third-order valence-electron chi connectivity index (χ3n) is 3.40. The topological polar surface area (TPSA) is 62.7 Å². The van der Waals surface area contributed by atoms with Gasteiger partial charge in [0.25, 0.3) is 0 Å². The van der Waals surface area contributed by atoms with Gasteiger partial charge in [-0.05, 0) is 38.1 Å². The minimum atomic E-state index is -0.336. The van der Waals surface area contributed by atoms with Gasteiger partial charge < -0.3 is 10.6 Å². The molecule has 1 fully saturated rings. The molecule has 3 heterocycles. The molecule has 1 aliphatic heterocycles. The molecule has 1 saturated heterocycles. The molecule has 0 saturated carbocycles. The third-order valence-corrected chi connectivity index (χ3v) is 3.40. The highest BCUT2D eigenvalue weighted by Gasteiger charge is 2.16. The van der Waals surface area contributed by atoms with Gasteiger partial charge in [0.2, 0.25) is 5.95 Å². The molecule has 0 spiro atoms. The van der Waals surface area contributed by atoms with Crippen molar-refractivity contribution in [1.82, 2.24) is 20.3 Å². The van der Waals surface area contributed by atoms with E-state index in [4.69, 9.17) is 0 Å². The summed E-state index contributed by atoms with van der Waals surface area (Å²) in [5.74, 6) is 0.990. The van der Waals surface area contributed by atoms with Gasteiger partial charge in [0.1, 0.15) is 11.6 Å². The minimum absolute atomic E-state index is 0.336. The Morgan fingerprint density at radius 1 is 1.15 bits per heavy atom. The summed E-state index contributed by atoms with van der Waals surface area (Å²) in [5.41, 5.74) is 1.03. The maximum atomic E-state index is 13.1. The second-order valence-electron chi connectivity index (χ2n) is 4.81. The molecule has 2 aromatic heterocycles. The predicted octanol–water partition coefficient (Wildman–Crippen LogP) is 2.22. The molecule has 0 bridgehead atoms. The van der Waals surface area contributed by atoms with Crippen LogP contribution in [0.4, 0.5) is 16.2 Å². The summed E-state index contributed by atoms with van der Waals surface area (Å²) in [6, 6.07) is 4.57. The van der Waals surface area contributed by atoms with Crippen LogP contribution in [0.3, 0.4) is 0 Å². The van der Waals surface area contributed by atoms with E-state index in [1.165, 1.54) is 18.3 Å². The van der Waals surface area contributed by atoms with Gasteiger partial charge >= 0.3 is 0 Å². The molecule has 6 heteroatoms. The zero-order valence-electron chi connectivity index (χ0n) is 11.0. The lowest BCUT2D eigenvalue weighted by molar-refractivity contribution is 0.453. The molecule has 0 aromatic carbocycles. The van der Waals surface area contributed by atoms with Crippen LogP contribution in [0.15, 0.2) is 30.6 Å². The number of hydrogen-bond donors (Lipinski definition) is 2. The van der Waals surface area contributed by atoms with Crippen molar-refractivity contribution >= 4 is 11.8 Å². The zero-order chi connectivity index (χ0) is 13.8. The molecule has 1 aliphatic rings. The fraction of sp³-hybridized carbons (Fsp3) is 0.357. The van der Waals surface area contributed by atoms with E-state index in [0.717, 1.165) is 31.6 Å². The second-order valence-corrected chi connectivity index (χ2v) is 4.81. The smallest absolute Gasteiger partial charge is 0.228 e. The monoisotopic (exact) mass is 273 g/mol. The second kappa shape index (κ2) is 5.92. The predicted molar refractivity (Wildman–Crippen MR) is 74.4 cm³/mol. The number of piperidine rings is 1. The van der Waals surface area contributed by atoms with Gasteiger partial charge in [-0.1, -0.05) is 0 Å². The maximum Gasteiger partial charge on any atom is 0.228 e. The highest BCUT2D eigenvalue weighted by atomic mass is 19.1. The van der Waals surface area contributed by atoms with Crippen LogP contribution in [0.2, 0.25) is 0 Å². The number of anilines is 2. The Hall–Kier alpha value is -2.08. The average Bonchev–Trinajstić information content (AvgIpc) is 2.48. The molecule has 0 unspecified atom stereocenters. The van der Waals surface area contributed by atoms with Crippen molar-refractivity contribution in [2.75, 3.05) is 18.4 Å². The summed E-state index contributed by atoms with van der Waals surface area (Å²) in [6.07, 6.45) is 5.30. The first kappa shape index (κ1) is 12.9. The first-order chi connectivity index (χ1) is 9.81. The lowest BCUT2D eigenvalue weighted by Gasteiger charge is -2.22. The van der Waals surface area contributed by atoms with Gasteiger partial charge in [0, 0.05) is 30.1 Å². The van der Waals surface area contributed by atoms with E-state index in [1.807, 2.05) is 6.07 Å². The van der Waals surface area contributed by atoms with Crippen molar-refractivity contribution in [3.8, 4) is 0 Å². The molecule has 0 radical (unpaired) electrons. The van der Waals surface area contributed by atoms with E-state index in [0.29, 0.717) is 17.7 Å². The number of hydrogen-bond acceptors (Lipinski definition) is 5. The van der Waals surface area contributed by atoms with Crippen molar-refractivity contribution in [1.29, 1.82) is 0 Å². The molecule has 2 N–H and O–H groups in total. The Labute approximate surface area is 116 Å². The SMILES string of the molecule is Fc1ccnc(Nc2nccc(C3CCNCC3)n2)c1. The molecule has 3 rings (SSSR count). The zero-order valence-corrected chi connectivity index (χ0v) is 11.0.